The monoisotopic (exact) mass is 635 g/mol. The first-order valence-corrected chi connectivity index (χ1v) is 16.9. The van der Waals surface area contributed by atoms with Crippen LogP contribution in [0.2, 0.25) is 0 Å². The summed E-state index contributed by atoms with van der Waals surface area (Å²) in [6, 6.07) is 56.6. The minimum Gasteiger partial charge on any atom is -0.256 e. The first kappa shape index (κ1) is 28.3. The first-order valence-electron chi connectivity index (χ1n) is 16.9. The average molecular weight is 636 g/mol. The van der Waals surface area contributed by atoms with Crippen LogP contribution in [-0.2, 0) is 0 Å². The van der Waals surface area contributed by atoms with Crippen LogP contribution in [0.4, 0.5) is 0 Å². The van der Waals surface area contributed by atoms with Crippen molar-refractivity contribution in [3.63, 3.8) is 0 Å². The summed E-state index contributed by atoms with van der Waals surface area (Å²) in [4.78, 5) is 14.0. The fraction of sp³-hybridized carbons (Fsp3) is 0. The minimum atomic E-state index is 0.941. The Kier molecular flexibility index (Phi) is 6.49. The zero-order chi connectivity index (χ0) is 33.0. The Labute approximate surface area is 289 Å². The second-order valence-corrected chi connectivity index (χ2v) is 12.8. The molecule has 3 nitrogen and oxygen atoms in total. The van der Waals surface area contributed by atoms with E-state index in [4.69, 9.17) is 9.97 Å². The number of aromatic nitrogens is 3. The van der Waals surface area contributed by atoms with E-state index in [0.717, 1.165) is 39.0 Å². The lowest BCUT2D eigenvalue weighted by atomic mass is 9.86. The number of pyridine rings is 3. The van der Waals surface area contributed by atoms with E-state index in [1.807, 2.05) is 48.9 Å². The summed E-state index contributed by atoms with van der Waals surface area (Å²) >= 11 is 0. The summed E-state index contributed by atoms with van der Waals surface area (Å²) in [7, 11) is 0. The molecule has 0 radical (unpaired) electrons. The van der Waals surface area contributed by atoms with Crippen LogP contribution in [0.1, 0.15) is 0 Å². The molecule has 10 aromatic rings. The number of nitrogens with zero attached hydrogens (tertiary/aromatic N) is 3. The summed E-state index contributed by atoms with van der Waals surface area (Å²) < 4.78 is 0. The van der Waals surface area contributed by atoms with Gasteiger partial charge in [0, 0.05) is 35.1 Å². The zero-order valence-corrected chi connectivity index (χ0v) is 27.1. The smallest absolute Gasteiger partial charge is 0.0708 e. The van der Waals surface area contributed by atoms with Crippen LogP contribution < -0.4 is 0 Å². The van der Waals surface area contributed by atoms with Crippen molar-refractivity contribution in [3.8, 4) is 55.9 Å². The summed E-state index contributed by atoms with van der Waals surface area (Å²) in [6.07, 6.45) is 5.56. The SMILES string of the molecule is c1ccc(-c2cc(-c3ccccn3)cc(-c3ccc4ccc5c(-c6cccc(-c7cccc8ncccc78)c6)ccc6ccc3c4c65)c2)nc1. The van der Waals surface area contributed by atoms with Crippen molar-refractivity contribution in [3.05, 3.63) is 176 Å². The Hall–Kier alpha value is -6.71. The Balaban J connectivity index is 1.17. The van der Waals surface area contributed by atoms with E-state index in [1.54, 1.807) is 0 Å². The molecule has 3 heteroatoms. The maximum absolute atomic E-state index is 4.70. The Bertz CT molecular complexity index is 2800. The van der Waals surface area contributed by atoms with Gasteiger partial charge in [-0.3, -0.25) is 15.0 Å². The molecule has 0 fully saturated rings. The van der Waals surface area contributed by atoms with Gasteiger partial charge in [0.15, 0.2) is 0 Å². The van der Waals surface area contributed by atoms with Crippen LogP contribution in [0.3, 0.4) is 0 Å². The van der Waals surface area contributed by atoms with Crippen LogP contribution in [0.5, 0.6) is 0 Å². The highest BCUT2D eigenvalue weighted by atomic mass is 14.7. The molecule has 0 amide bonds. The van der Waals surface area contributed by atoms with Gasteiger partial charge in [-0.25, -0.2) is 0 Å². The van der Waals surface area contributed by atoms with Crippen molar-refractivity contribution in [1.29, 1.82) is 0 Å². The van der Waals surface area contributed by atoms with Gasteiger partial charge in [-0.1, -0.05) is 97.1 Å². The van der Waals surface area contributed by atoms with Gasteiger partial charge >= 0.3 is 0 Å². The number of hydrogen-bond acceptors (Lipinski definition) is 3. The Morgan fingerprint density at radius 3 is 1.44 bits per heavy atom. The standard InChI is InChI=1S/C47H29N3/c1-3-23-48-43(12-1)35-27-34(28-36(29-35)44-13-2-4-24-49-44)39-20-16-31-17-21-41-38(19-15-30-18-22-42(39)47(31)46(30)41)33-9-5-8-32(26-33)37-10-6-14-45-40(37)11-7-25-50-45/h1-29H. The predicted molar refractivity (Wildman–Crippen MR) is 208 cm³/mol. The maximum atomic E-state index is 4.70. The van der Waals surface area contributed by atoms with Gasteiger partial charge in [-0.05, 0) is 126 Å². The molecule has 7 aromatic carbocycles. The molecule has 0 aliphatic heterocycles. The summed E-state index contributed by atoms with van der Waals surface area (Å²) in [5.41, 5.74) is 12.2. The third-order valence-corrected chi connectivity index (χ3v) is 9.96. The molecule has 0 saturated heterocycles. The van der Waals surface area contributed by atoms with Crippen molar-refractivity contribution in [2.24, 2.45) is 0 Å². The predicted octanol–water partition coefficient (Wildman–Crippen LogP) is 12.3. The molecule has 0 aliphatic rings. The van der Waals surface area contributed by atoms with E-state index in [2.05, 4.69) is 132 Å². The molecule has 0 spiro atoms. The second kappa shape index (κ2) is 11.5. The number of fused-ring (bicyclic) bond motifs is 1. The molecule has 0 bridgehead atoms. The largest absolute Gasteiger partial charge is 0.256 e. The maximum Gasteiger partial charge on any atom is 0.0708 e. The third-order valence-electron chi connectivity index (χ3n) is 9.96. The van der Waals surface area contributed by atoms with E-state index < -0.39 is 0 Å². The van der Waals surface area contributed by atoms with Crippen LogP contribution >= 0.6 is 0 Å². The van der Waals surface area contributed by atoms with Crippen LogP contribution in [0.25, 0.3) is 99.1 Å². The van der Waals surface area contributed by atoms with Gasteiger partial charge in [0.25, 0.3) is 0 Å². The first-order chi connectivity index (χ1) is 24.8. The summed E-state index contributed by atoms with van der Waals surface area (Å²) in [6.45, 7) is 0. The second-order valence-electron chi connectivity index (χ2n) is 12.8. The molecule has 0 unspecified atom stereocenters. The number of rotatable bonds is 5. The highest BCUT2D eigenvalue weighted by Crippen LogP contribution is 2.44. The van der Waals surface area contributed by atoms with Crippen molar-refractivity contribution >= 4 is 43.2 Å². The molecular formula is C47H29N3. The molecule has 0 atom stereocenters. The van der Waals surface area contributed by atoms with Crippen LogP contribution in [-0.4, -0.2) is 15.0 Å². The van der Waals surface area contributed by atoms with Crippen molar-refractivity contribution in [2.45, 2.75) is 0 Å². The molecule has 0 saturated carbocycles. The molecule has 3 heterocycles. The quantitative estimate of drug-likeness (QED) is 0.177. The zero-order valence-electron chi connectivity index (χ0n) is 27.1. The molecule has 3 aromatic heterocycles. The number of benzene rings is 7. The minimum absolute atomic E-state index is 0.941. The molecular weight excluding hydrogens is 607 g/mol. The highest BCUT2D eigenvalue weighted by molar-refractivity contribution is 6.27. The fourth-order valence-corrected chi connectivity index (χ4v) is 7.66. The van der Waals surface area contributed by atoms with Gasteiger partial charge in [-0.2, -0.15) is 0 Å². The number of hydrogen-bond donors (Lipinski definition) is 0. The van der Waals surface area contributed by atoms with Crippen molar-refractivity contribution < 1.29 is 0 Å². The Morgan fingerprint density at radius 1 is 0.300 bits per heavy atom. The van der Waals surface area contributed by atoms with E-state index in [0.29, 0.717) is 0 Å². The van der Waals surface area contributed by atoms with Gasteiger partial charge < -0.3 is 0 Å². The lowest BCUT2D eigenvalue weighted by molar-refractivity contribution is 1.31. The molecule has 0 aliphatic carbocycles. The van der Waals surface area contributed by atoms with Crippen molar-refractivity contribution in [2.75, 3.05) is 0 Å². The van der Waals surface area contributed by atoms with Gasteiger partial charge in [0.1, 0.15) is 0 Å². The molecule has 10 rings (SSSR count). The Morgan fingerprint density at radius 2 is 0.820 bits per heavy atom. The topological polar surface area (TPSA) is 38.7 Å². The molecule has 232 valence electrons. The highest BCUT2D eigenvalue weighted by Gasteiger charge is 2.17. The average Bonchev–Trinajstić information content (AvgIpc) is 3.20. The molecule has 0 N–H and O–H groups in total. The van der Waals surface area contributed by atoms with E-state index in [-0.39, 0.29) is 0 Å². The van der Waals surface area contributed by atoms with E-state index in [1.165, 1.54) is 60.1 Å². The van der Waals surface area contributed by atoms with Gasteiger partial charge in [-0.15, -0.1) is 0 Å². The fourth-order valence-electron chi connectivity index (χ4n) is 7.66. The van der Waals surface area contributed by atoms with Crippen LogP contribution in [0, 0.1) is 0 Å². The van der Waals surface area contributed by atoms with Gasteiger partial charge in [0.05, 0.1) is 16.9 Å². The molecule has 50 heavy (non-hydrogen) atoms. The summed E-state index contributed by atoms with van der Waals surface area (Å²) in [5, 5.41) is 8.72. The normalized spacial score (nSPS) is 11.6. The lowest BCUT2D eigenvalue weighted by Crippen LogP contribution is -1.92. The lowest BCUT2D eigenvalue weighted by Gasteiger charge is -2.18. The van der Waals surface area contributed by atoms with Crippen molar-refractivity contribution in [1.82, 2.24) is 15.0 Å². The van der Waals surface area contributed by atoms with E-state index >= 15 is 0 Å². The third kappa shape index (κ3) is 4.63. The van der Waals surface area contributed by atoms with Gasteiger partial charge in [0.2, 0.25) is 0 Å². The van der Waals surface area contributed by atoms with E-state index in [9.17, 15) is 0 Å². The summed E-state index contributed by atoms with van der Waals surface area (Å²) in [5.74, 6) is 0. The van der Waals surface area contributed by atoms with Crippen LogP contribution in [0.15, 0.2) is 176 Å².